The highest BCUT2D eigenvalue weighted by molar-refractivity contribution is 6.08. The molecule has 0 atom stereocenters. The Morgan fingerprint density at radius 3 is 0.917 bits per heavy atom. The number of H-pyrrole nitrogens is 4. The molecule has 8 aromatic heterocycles. The van der Waals surface area contributed by atoms with Crippen LogP contribution in [0.2, 0.25) is 0 Å². The van der Waals surface area contributed by atoms with E-state index < -0.39 is 0 Å². The van der Waals surface area contributed by atoms with Gasteiger partial charge >= 0.3 is 0 Å². The Labute approximate surface area is 757 Å². The number of hydrogen-bond acceptors (Lipinski definition) is 22. The van der Waals surface area contributed by atoms with Crippen molar-refractivity contribution in [1.82, 2.24) is 80.7 Å². The predicted molar refractivity (Wildman–Crippen MR) is 523 cm³/mol. The lowest BCUT2D eigenvalue weighted by Gasteiger charge is -2.14. The summed E-state index contributed by atoms with van der Waals surface area (Å²) in [5, 5.41) is 51.9. The van der Waals surface area contributed by atoms with Crippen LogP contribution in [-0.4, -0.2) is 123 Å². The number of benzene rings is 14. The van der Waals surface area contributed by atoms with E-state index in [0.29, 0.717) is 57.4 Å². The maximum absolute atomic E-state index is 5.65. The smallest absolute Gasteiger partial charge is 0.186 e. The molecule has 0 saturated heterocycles. The number of rotatable bonds is 22. The third-order valence-corrected chi connectivity index (χ3v) is 22.5. The van der Waals surface area contributed by atoms with Gasteiger partial charge in [0.15, 0.2) is 22.6 Å². The second kappa shape index (κ2) is 38.3. The van der Waals surface area contributed by atoms with Crippen molar-refractivity contribution in [2.75, 3.05) is 63.9 Å². The van der Waals surface area contributed by atoms with Gasteiger partial charge in [0.05, 0.1) is 110 Å². The van der Waals surface area contributed by atoms with Crippen LogP contribution in [0.4, 0.5) is 46.0 Å². The molecule has 0 amide bonds. The van der Waals surface area contributed by atoms with Gasteiger partial charge in [0.1, 0.15) is 83.1 Å². The molecule has 0 unspecified atom stereocenters. The number of hydrogen-bond donors (Lipinski definition) is 8. The molecular weight excluding hydrogens is 1650 g/mol. The molecule has 22 aromatic rings. The number of nitrogens with zero attached hydrogens (tertiary/aromatic N) is 12. The number of anilines is 8. The van der Waals surface area contributed by atoms with E-state index in [9.17, 15) is 0 Å². The van der Waals surface area contributed by atoms with E-state index in [2.05, 4.69) is 223 Å². The summed E-state index contributed by atoms with van der Waals surface area (Å²) in [4.78, 5) is 35.6. The van der Waals surface area contributed by atoms with Crippen LogP contribution in [0.1, 0.15) is 0 Å². The summed E-state index contributed by atoms with van der Waals surface area (Å²) in [6, 6.07) is 110. The van der Waals surface area contributed by atoms with Crippen molar-refractivity contribution in [2.24, 2.45) is 0 Å². The molecule has 0 saturated carbocycles. The van der Waals surface area contributed by atoms with Gasteiger partial charge < -0.3 is 49.7 Å². The van der Waals surface area contributed by atoms with Crippen molar-refractivity contribution < 1.29 is 28.4 Å². The number of aromatic nitrogens is 16. The van der Waals surface area contributed by atoms with Crippen molar-refractivity contribution >= 4 is 112 Å². The minimum absolute atomic E-state index is 0.568. The maximum atomic E-state index is 5.65. The molecule has 8 N–H and O–H groups in total. The molecule has 0 aliphatic carbocycles. The van der Waals surface area contributed by atoms with Gasteiger partial charge in [-0.3, -0.25) is 20.4 Å². The number of ether oxygens (including phenoxy) is 6. The molecule has 0 fully saturated rings. The first-order valence-corrected chi connectivity index (χ1v) is 42.2. The van der Waals surface area contributed by atoms with Crippen LogP contribution >= 0.6 is 0 Å². The van der Waals surface area contributed by atoms with Crippen LogP contribution in [0.3, 0.4) is 0 Å². The number of fused-ring (bicyclic) bond motifs is 6. The zero-order chi connectivity index (χ0) is 89.6. The first-order valence-electron chi connectivity index (χ1n) is 42.2. The zero-order valence-electron chi connectivity index (χ0n) is 72.3. The molecule has 0 aliphatic heterocycles. The Bertz CT molecular complexity index is 7830. The minimum atomic E-state index is 0.568. The van der Waals surface area contributed by atoms with E-state index >= 15 is 0 Å². The van der Waals surface area contributed by atoms with E-state index in [0.717, 1.165) is 173 Å². The largest absolute Gasteiger partial charge is 0.497 e. The van der Waals surface area contributed by atoms with Gasteiger partial charge in [-0.2, -0.15) is 20.4 Å². The summed E-state index contributed by atoms with van der Waals surface area (Å²) in [7, 11) is 9.92. The Balaban J connectivity index is 0.000000114. The van der Waals surface area contributed by atoms with Gasteiger partial charge in [-0.1, -0.05) is 237 Å². The zero-order valence-corrected chi connectivity index (χ0v) is 72.3. The molecule has 26 nitrogen and oxygen atoms in total. The van der Waals surface area contributed by atoms with Crippen LogP contribution in [0.25, 0.3) is 155 Å². The lowest BCUT2D eigenvalue weighted by Crippen LogP contribution is -1.99. The highest BCUT2D eigenvalue weighted by Gasteiger charge is 2.24. The molecule has 8 heterocycles. The number of methoxy groups -OCH3 is 6. The highest BCUT2D eigenvalue weighted by Crippen LogP contribution is 2.44. The van der Waals surface area contributed by atoms with E-state index in [4.69, 9.17) is 28.4 Å². The van der Waals surface area contributed by atoms with Gasteiger partial charge in [-0.15, -0.1) is 0 Å². The quantitative estimate of drug-likeness (QED) is 0.0312. The normalized spacial score (nSPS) is 11.0. The van der Waals surface area contributed by atoms with E-state index in [1.807, 2.05) is 206 Å². The fourth-order valence-corrected chi connectivity index (χ4v) is 15.9. The number of aromatic amines is 4. The Hall–Kier alpha value is -18.2. The SMILES string of the molecule is COc1ccc(-c2[nH]nc3ncnc(Nc4cc(-c5ccccc5)ccc4OC)c23)cc1.COc1ccc(-c2ccccc2)cc1Nc1ncnc2n[nH]c(-c3ccc4ccccc4c3)c12.COc1ccc(-c2ccccc2)cc1Nc1ncnc2n[nH]c(-c3cccc4ccccc34)c12.COc1cccc(-c2[nH]nc3ncnc(Nc4cc(-c5ccccc5)ccc4OC)c23)c1. The van der Waals surface area contributed by atoms with Crippen LogP contribution in [0.15, 0.2) is 353 Å². The third kappa shape index (κ3) is 17.7. The highest BCUT2D eigenvalue weighted by atomic mass is 16.5. The molecule has 644 valence electrons. The minimum Gasteiger partial charge on any atom is -0.497 e. The molecule has 0 bridgehead atoms. The summed E-state index contributed by atoms with van der Waals surface area (Å²) < 4.78 is 33.1. The van der Waals surface area contributed by atoms with Crippen molar-refractivity contribution in [3.63, 3.8) is 0 Å². The first kappa shape index (κ1) is 83.4. The molecule has 132 heavy (non-hydrogen) atoms. The average molecular weight is 1730 g/mol. The summed E-state index contributed by atoms with van der Waals surface area (Å²) >= 11 is 0. The Morgan fingerprint density at radius 2 is 0.523 bits per heavy atom. The topological polar surface area (TPSA) is 321 Å². The maximum Gasteiger partial charge on any atom is 0.186 e. The molecule has 14 aromatic carbocycles. The number of nitrogens with one attached hydrogen (secondary N) is 8. The lowest BCUT2D eigenvalue weighted by molar-refractivity contribution is 0.415. The van der Waals surface area contributed by atoms with Gasteiger partial charge in [-0.05, 0) is 157 Å². The summed E-state index contributed by atoms with van der Waals surface area (Å²) in [6.45, 7) is 0. The third-order valence-electron chi connectivity index (χ3n) is 22.5. The average Bonchev–Trinajstić information content (AvgIpc) is 1.59. The summed E-state index contributed by atoms with van der Waals surface area (Å²) in [5.74, 6) is 7.00. The van der Waals surface area contributed by atoms with Crippen molar-refractivity contribution in [1.29, 1.82) is 0 Å². The van der Waals surface area contributed by atoms with E-state index in [1.165, 1.54) is 30.7 Å². The monoisotopic (exact) mass is 1730 g/mol. The standard InChI is InChI=1S/2C28H21N5O.2C25H21N5O2/c1-34-24-15-14-20(18-8-3-2-4-9-18)16-23(24)31-27-25-26(32-33-28(25)30-17-29-27)22-13-7-11-19-10-5-6-12-21(19)22;1-34-24-14-13-21(18-7-3-2-4-8-18)16-23(24)31-27-25-26(32-33-28(25)30-17-29-27)22-12-11-19-9-5-6-10-20(19)15-22;1-31-19-10-6-9-18(13-19)23-22-24(26-15-27-25(22)30-29-23)28-20-14-17(11-12-21(20)32-2)16-7-4-3-5-8-16;1-31-19-11-8-17(9-12-19)23-22-24(26-15-27-25(22)30-29-23)28-20-14-18(10-13-21(20)32-2)16-6-4-3-5-7-16/h2*2-17H,1H3,(H2,29,30,31,32,33);2*3-15H,1-2H3,(H2,26,27,28,29,30). The summed E-state index contributed by atoms with van der Waals surface area (Å²) in [5.41, 5.74) is 21.7. The molecule has 0 aliphatic rings. The fraction of sp³-hybridized carbons (Fsp3) is 0.0566. The molecule has 22 rings (SSSR count). The second-order valence-electron chi connectivity index (χ2n) is 30.3. The fourth-order valence-electron chi connectivity index (χ4n) is 15.9. The molecule has 0 spiro atoms. The van der Waals surface area contributed by atoms with Crippen LogP contribution in [0.5, 0.6) is 34.5 Å². The summed E-state index contributed by atoms with van der Waals surface area (Å²) in [6.07, 6.45) is 6.03. The van der Waals surface area contributed by atoms with Crippen LogP contribution in [0, 0.1) is 0 Å². The molecule has 26 heteroatoms. The van der Waals surface area contributed by atoms with Gasteiger partial charge in [-0.25, -0.2) is 39.9 Å². The van der Waals surface area contributed by atoms with Crippen molar-refractivity contribution in [3.05, 3.63) is 353 Å². The van der Waals surface area contributed by atoms with Gasteiger partial charge in [0.25, 0.3) is 0 Å². The molecular formula is C106H84N20O6. The van der Waals surface area contributed by atoms with Crippen molar-refractivity contribution in [3.8, 4) is 124 Å². The first-order chi connectivity index (χ1) is 65.1. The Kier molecular flexibility index (Phi) is 24.2. The second-order valence-corrected chi connectivity index (χ2v) is 30.3. The van der Waals surface area contributed by atoms with E-state index in [1.54, 1.807) is 42.7 Å². The van der Waals surface area contributed by atoms with E-state index in [-0.39, 0.29) is 0 Å². The van der Waals surface area contributed by atoms with Crippen molar-refractivity contribution in [2.45, 2.75) is 0 Å². The van der Waals surface area contributed by atoms with Gasteiger partial charge in [0.2, 0.25) is 0 Å². The Morgan fingerprint density at radius 1 is 0.212 bits per heavy atom. The molecule has 0 radical (unpaired) electrons. The lowest BCUT2D eigenvalue weighted by atomic mass is 10.0. The van der Waals surface area contributed by atoms with Crippen LogP contribution < -0.4 is 49.7 Å². The predicted octanol–water partition coefficient (Wildman–Crippen LogP) is 24.1. The van der Waals surface area contributed by atoms with Gasteiger partial charge in [0, 0.05) is 22.3 Å². The van der Waals surface area contributed by atoms with Crippen LogP contribution in [-0.2, 0) is 0 Å².